The van der Waals surface area contributed by atoms with E-state index in [1.165, 1.54) is 5.56 Å². The molecular formula is C18H25N3O. The molecule has 0 aliphatic carbocycles. The highest BCUT2D eigenvalue weighted by molar-refractivity contribution is 5.76. The first-order valence-electron chi connectivity index (χ1n) is 7.90. The second kappa shape index (κ2) is 7.78. The maximum Gasteiger partial charge on any atom is 0.220 e. The molecule has 1 aromatic heterocycles. The van der Waals surface area contributed by atoms with E-state index >= 15 is 0 Å². The first-order chi connectivity index (χ1) is 10.6. The lowest BCUT2D eigenvalue weighted by atomic mass is 10.1. The Labute approximate surface area is 132 Å². The van der Waals surface area contributed by atoms with Crippen LogP contribution in [-0.2, 0) is 17.6 Å². The van der Waals surface area contributed by atoms with Crippen molar-refractivity contribution < 1.29 is 4.79 Å². The van der Waals surface area contributed by atoms with Gasteiger partial charge in [0.05, 0.1) is 5.69 Å². The van der Waals surface area contributed by atoms with Crippen LogP contribution in [-0.4, -0.2) is 22.1 Å². The molecule has 0 fully saturated rings. The van der Waals surface area contributed by atoms with E-state index < -0.39 is 0 Å². The molecule has 4 nitrogen and oxygen atoms in total. The van der Waals surface area contributed by atoms with Gasteiger partial charge in [0, 0.05) is 18.2 Å². The normalized spacial score (nSPS) is 12.1. The summed E-state index contributed by atoms with van der Waals surface area (Å²) in [4.78, 5) is 12.0. The number of aromatic nitrogens is 2. The number of benzene rings is 1. The minimum absolute atomic E-state index is 0.112. The van der Waals surface area contributed by atoms with Crippen molar-refractivity contribution in [1.82, 2.24) is 15.5 Å². The number of aromatic amines is 1. The number of hydrogen-bond donors (Lipinski definition) is 2. The van der Waals surface area contributed by atoms with Crippen LogP contribution in [0.4, 0.5) is 0 Å². The number of hydrogen-bond acceptors (Lipinski definition) is 2. The number of rotatable bonds is 7. The number of nitrogens with one attached hydrogen (secondary N) is 2. The van der Waals surface area contributed by atoms with Crippen molar-refractivity contribution in [2.45, 2.75) is 52.5 Å². The minimum Gasteiger partial charge on any atom is -0.354 e. The van der Waals surface area contributed by atoms with E-state index in [1.807, 2.05) is 32.0 Å². The van der Waals surface area contributed by atoms with Gasteiger partial charge in [-0.2, -0.15) is 5.10 Å². The van der Waals surface area contributed by atoms with Crippen LogP contribution >= 0.6 is 0 Å². The van der Waals surface area contributed by atoms with Gasteiger partial charge in [0.2, 0.25) is 5.91 Å². The molecule has 0 aliphatic rings. The van der Waals surface area contributed by atoms with Gasteiger partial charge in [-0.15, -0.1) is 0 Å². The molecule has 1 unspecified atom stereocenters. The molecule has 0 saturated heterocycles. The van der Waals surface area contributed by atoms with Gasteiger partial charge in [-0.25, -0.2) is 0 Å². The fraction of sp³-hybridized carbons (Fsp3) is 0.444. The van der Waals surface area contributed by atoms with Crippen LogP contribution in [0.25, 0.3) is 0 Å². The SMILES string of the molecule is Cc1n[nH]c(C)c1CCC(=O)NC(C)CCc1ccccc1. The molecule has 1 heterocycles. The Bertz CT molecular complexity index is 585. The lowest BCUT2D eigenvalue weighted by Gasteiger charge is -2.14. The van der Waals surface area contributed by atoms with Gasteiger partial charge in [-0.1, -0.05) is 30.3 Å². The van der Waals surface area contributed by atoms with Crippen LogP contribution in [0.5, 0.6) is 0 Å². The van der Waals surface area contributed by atoms with Gasteiger partial charge in [0.15, 0.2) is 0 Å². The number of amides is 1. The zero-order valence-electron chi connectivity index (χ0n) is 13.6. The zero-order valence-corrected chi connectivity index (χ0v) is 13.6. The molecule has 0 bridgehead atoms. The third-order valence-electron chi connectivity index (χ3n) is 4.00. The molecule has 1 amide bonds. The molecule has 2 rings (SSSR count). The van der Waals surface area contributed by atoms with Crippen molar-refractivity contribution in [3.8, 4) is 0 Å². The van der Waals surface area contributed by atoms with Crippen molar-refractivity contribution in [3.05, 3.63) is 52.8 Å². The fourth-order valence-electron chi connectivity index (χ4n) is 2.63. The highest BCUT2D eigenvalue weighted by Crippen LogP contribution is 2.12. The first kappa shape index (κ1) is 16.3. The Hall–Kier alpha value is -2.10. The summed E-state index contributed by atoms with van der Waals surface area (Å²) in [5.74, 6) is 0.112. The molecule has 22 heavy (non-hydrogen) atoms. The Morgan fingerprint density at radius 3 is 2.59 bits per heavy atom. The Morgan fingerprint density at radius 1 is 1.23 bits per heavy atom. The molecule has 0 aliphatic heterocycles. The van der Waals surface area contributed by atoms with Gasteiger partial charge < -0.3 is 5.32 Å². The van der Waals surface area contributed by atoms with Gasteiger partial charge in [-0.05, 0) is 51.2 Å². The molecule has 118 valence electrons. The van der Waals surface area contributed by atoms with Crippen LogP contribution in [0.2, 0.25) is 0 Å². The largest absolute Gasteiger partial charge is 0.354 e. The monoisotopic (exact) mass is 299 g/mol. The van der Waals surface area contributed by atoms with Crippen molar-refractivity contribution in [2.75, 3.05) is 0 Å². The van der Waals surface area contributed by atoms with Crippen LogP contribution in [0.1, 0.15) is 42.3 Å². The maximum absolute atomic E-state index is 12.0. The Kier molecular flexibility index (Phi) is 5.75. The molecule has 0 radical (unpaired) electrons. The van der Waals surface area contributed by atoms with E-state index in [-0.39, 0.29) is 11.9 Å². The number of aryl methyl sites for hydroxylation is 3. The highest BCUT2D eigenvalue weighted by Gasteiger charge is 2.11. The summed E-state index contributed by atoms with van der Waals surface area (Å²) in [5, 5.41) is 10.2. The summed E-state index contributed by atoms with van der Waals surface area (Å²) in [6.07, 6.45) is 3.20. The summed E-state index contributed by atoms with van der Waals surface area (Å²) in [6, 6.07) is 10.6. The van der Waals surface area contributed by atoms with E-state index in [1.54, 1.807) is 0 Å². The van der Waals surface area contributed by atoms with Gasteiger partial charge in [0.25, 0.3) is 0 Å². The Balaban J connectivity index is 1.72. The molecule has 1 atom stereocenters. The zero-order chi connectivity index (χ0) is 15.9. The average molecular weight is 299 g/mol. The van der Waals surface area contributed by atoms with Gasteiger partial charge in [0.1, 0.15) is 0 Å². The number of carbonyl (C=O) groups excluding carboxylic acids is 1. The molecule has 2 aromatic rings. The number of nitrogens with zero attached hydrogens (tertiary/aromatic N) is 1. The van der Waals surface area contributed by atoms with E-state index in [0.717, 1.165) is 36.2 Å². The van der Waals surface area contributed by atoms with Crippen LogP contribution in [0.15, 0.2) is 30.3 Å². The maximum atomic E-state index is 12.0. The standard InChI is InChI=1S/C18H25N3O/c1-13(9-10-16-7-5-4-6-8-16)19-18(22)12-11-17-14(2)20-21-15(17)3/h4-8,13H,9-12H2,1-3H3,(H,19,22)(H,20,21). The van der Waals surface area contributed by atoms with E-state index in [0.29, 0.717) is 6.42 Å². The fourth-order valence-corrected chi connectivity index (χ4v) is 2.63. The van der Waals surface area contributed by atoms with Gasteiger partial charge >= 0.3 is 0 Å². The summed E-state index contributed by atoms with van der Waals surface area (Å²) in [5.41, 5.74) is 4.52. The van der Waals surface area contributed by atoms with Crippen molar-refractivity contribution in [1.29, 1.82) is 0 Å². The predicted molar refractivity (Wildman–Crippen MR) is 88.8 cm³/mol. The second-order valence-corrected chi connectivity index (χ2v) is 5.91. The molecule has 0 spiro atoms. The third kappa shape index (κ3) is 4.72. The summed E-state index contributed by atoms with van der Waals surface area (Å²) >= 11 is 0. The van der Waals surface area contributed by atoms with E-state index in [9.17, 15) is 4.79 Å². The topological polar surface area (TPSA) is 57.8 Å². The van der Waals surface area contributed by atoms with Crippen LogP contribution in [0.3, 0.4) is 0 Å². The van der Waals surface area contributed by atoms with E-state index in [4.69, 9.17) is 0 Å². The molecule has 2 N–H and O–H groups in total. The molecular weight excluding hydrogens is 274 g/mol. The first-order valence-corrected chi connectivity index (χ1v) is 7.90. The van der Waals surface area contributed by atoms with Gasteiger partial charge in [-0.3, -0.25) is 9.89 Å². The summed E-state index contributed by atoms with van der Waals surface area (Å²) in [6.45, 7) is 6.03. The smallest absolute Gasteiger partial charge is 0.220 e. The molecule has 1 aromatic carbocycles. The molecule has 0 saturated carbocycles. The quantitative estimate of drug-likeness (QED) is 0.825. The number of H-pyrrole nitrogens is 1. The lowest BCUT2D eigenvalue weighted by molar-refractivity contribution is -0.121. The van der Waals surface area contributed by atoms with Crippen LogP contribution in [0, 0.1) is 13.8 Å². The van der Waals surface area contributed by atoms with Crippen molar-refractivity contribution in [3.63, 3.8) is 0 Å². The lowest BCUT2D eigenvalue weighted by Crippen LogP contribution is -2.33. The molecule has 4 heteroatoms. The highest BCUT2D eigenvalue weighted by atomic mass is 16.1. The second-order valence-electron chi connectivity index (χ2n) is 5.91. The number of carbonyl (C=O) groups is 1. The minimum atomic E-state index is 0.112. The van der Waals surface area contributed by atoms with Crippen LogP contribution < -0.4 is 5.32 Å². The van der Waals surface area contributed by atoms with Crippen molar-refractivity contribution in [2.24, 2.45) is 0 Å². The predicted octanol–water partition coefficient (Wildman–Crippen LogP) is 3.10. The van der Waals surface area contributed by atoms with Crippen molar-refractivity contribution >= 4 is 5.91 Å². The Morgan fingerprint density at radius 2 is 1.95 bits per heavy atom. The average Bonchev–Trinajstić information content (AvgIpc) is 2.83. The summed E-state index contributed by atoms with van der Waals surface area (Å²) in [7, 11) is 0. The third-order valence-corrected chi connectivity index (χ3v) is 4.00. The van der Waals surface area contributed by atoms with E-state index in [2.05, 4.69) is 34.6 Å². The summed E-state index contributed by atoms with van der Waals surface area (Å²) < 4.78 is 0.